The fraction of sp³-hybridized carbons (Fsp3) is 0.625. The summed E-state index contributed by atoms with van der Waals surface area (Å²) >= 11 is 0. The Kier molecular flexibility index (Phi) is 7.59. The van der Waals surface area contributed by atoms with Crippen LogP contribution in [0.2, 0.25) is 0 Å². The highest BCUT2D eigenvalue weighted by molar-refractivity contribution is 5.81. The zero-order valence-electron chi connectivity index (χ0n) is 10.9. The van der Waals surface area contributed by atoms with E-state index >= 15 is 0 Å². The average Bonchev–Trinajstić information content (AvgIpc) is 2.45. The summed E-state index contributed by atoms with van der Waals surface area (Å²) in [5.41, 5.74) is -1.86. The molecule has 14 heteroatoms. The van der Waals surface area contributed by atoms with Gasteiger partial charge in [-0.25, -0.2) is 4.79 Å². The van der Waals surface area contributed by atoms with Gasteiger partial charge in [-0.05, 0) is 0 Å². The molecule has 0 aromatic carbocycles. The summed E-state index contributed by atoms with van der Waals surface area (Å²) in [6.07, 6.45) is 0.752. The molecule has 0 aliphatic carbocycles. The van der Waals surface area contributed by atoms with E-state index in [1.165, 1.54) is 0 Å². The van der Waals surface area contributed by atoms with Gasteiger partial charge in [0.2, 0.25) is 0 Å². The van der Waals surface area contributed by atoms with Gasteiger partial charge in [-0.2, -0.15) is 0 Å². The molecule has 0 aliphatic heterocycles. The predicted molar refractivity (Wildman–Crippen MR) is 62.4 cm³/mol. The van der Waals surface area contributed by atoms with E-state index in [9.17, 15) is 35.1 Å². The van der Waals surface area contributed by atoms with Crippen molar-refractivity contribution in [2.75, 3.05) is 26.4 Å². The number of hydrogen-bond donors (Lipinski definition) is 0. The van der Waals surface area contributed by atoms with Gasteiger partial charge < -0.3 is 19.2 Å². The lowest BCUT2D eigenvalue weighted by molar-refractivity contribution is -0.782. The average molecular weight is 325 g/mol. The Balaban J connectivity index is 5.10. The fourth-order valence-corrected chi connectivity index (χ4v) is 1.10. The predicted octanol–water partition coefficient (Wildman–Crippen LogP) is -0.673. The number of nitrogens with zero attached hydrogens (tertiary/aromatic N) is 3. The van der Waals surface area contributed by atoms with Crippen LogP contribution in [-0.4, -0.2) is 47.7 Å². The monoisotopic (exact) mass is 325 g/mol. The minimum Gasteiger partial charge on any atom is -0.462 e. The molecule has 124 valence electrons. The lowest BCUT2D eigenvalue weighted by Crippen LogP contribution is -2.43. The smallest absolute Gasteiger partial charge is 0.330 e. The molecule has 0 unspecified atom stereocenters. The van der Waals surface area contributed by atoms with E-state index in [1.807, 2.05) is 0 Å². The van der Waals surface area contributed by atoms with Gasteiger partial charge in [0.25, 0.3) is 15.3 Å². The van der Waals surface area contributed by atoms with Gasteiger partial charge in [-0.15, -0.1) is 30.3 Å². The molecule has 0 saturated carbocycles. The molecule has 0 amide bonds. The van der Waals surface area contributed by atoms with E-state index in [-0.39, 0.29) is 0 Å². The molecule has 0 saturated heterocycles. The first-order chi connectivity index (χ1) is 10.2. The molecule has 0 bridgehead atoms. The molecule has 0 radical (unpaired) electrons. The minimum atomic E-state index is -1.86. The highest BCUT2D eigenvalue weighted by Crippen LogP contribution is 2.21. The minimum absolute atomic E-state index is 0.743. The van der Waals surface area contributed by atoms with Gasteiger partial charge in [0.1, 0.15) is 26.4 Å². The van der Waals surface area contributed by atoms with Crippen LogP contribution >= 0.6 is 0 Å². The van der Waals surface area contributed by atoms with Gasteiger partial charge in [0, 0.05) is 6.08 Å². The SMILES string of the molecule is C=CC(=O)OCC(CO[N+](=O)[O-])(CO[N+](=O)[O-])CO[N+](=O)[O-]. The van der Waals surface area contributed by atoms with Crippen molar-refractivity contribution in [2.45, 2.75) is 0 Å². The molecule has 0 aromatic rings. The van der Waals surface area contributed by atoms with E-state index in [2.05, 4.69) is 25.8 Å². The number of esters is 1. The second kappa shape index (κ2) is 8.88. The number of carbonyl (C=O) groups is 1. The van der Waals surface area contributed by atoms with Crippen LogP contribution in [0.25, 0.3) is 0 Å². The van der Waals surface area contributed by atoms with Crippen LogP contribution in [0.3, 0.4) is 0 Å². The van der Waals surface area contributed by atoms with Crippen molar-refractivity contribution in [3.05, 3.63) is 43.0 Å². The third-order valence-corrected chi connectivity index (χ3v) is 2.12. The van der Waals surface area contributed by atoms with Crippen molar-refractivity contribution in [2.24, 2.45) is 5.41 Å². The number of ether oxygens (including phenoxy) is 1. The summed E-state index contributed by atoms with van der Waals surface area (Å²) in [6.45, 7) is -0.384. The zero-order chi connectivity index (χ0) is 17.2. The summed E-state index contributed by atoms with van der Waals surface area (Å²) in [7, 11) is 0. The summed E-state index contributed by atoms with van der Waals surface area (Å²) in [5.74, 6) is -0.965. The Labute approximate surface area is 121 Å². The van der Waals surface area contributed by atoms with E-state index in [1.54, 1.807) is 0 Å². The first-order valence-electron chi connectivity index (χ1n) is 5.32. The first-order valence-corrected chi connectivity index (χ1v) is 5.32. The summed E-state index contributed by atoms with van der Waals surface area (Å²) in [5, 5.41) is 27.0. The van der Waals surface area contributed by atoms with Crippen LogP contribution in [-0.2, 0) is 24.0 Å². The van der Waals surface area contributed by atoms with Crippen LogP contribution in [0.1, 0.15) is 0 Å². The zero-order valence-corrected chi connectivity index (χ0v) is 10.9. The normalized spacial score (nSPS) is 10.2. The molecular weight excluding hydrogens is 314 g/mol. The summed E-state index contributed by atoms with van der Waals surface area (Å²) < 4.78 is 4.59. The molecule has 0 rings (SSSR count). The van der Waals surface area contributed by atoms with Gasteiger partial charge in [0.05, 0.1) is 5.41 Å². The lowest BCUT2D eigenvalue weighted by atomic mass is 9.92. The van der Waals surface area contributed by atoms with Crippen LogP contribution < -0.4 is 0 Å². The van der Waals surface area contributed by atoms with Crippen molar-refractivity contribution < 1.29 is 39.3 Å². The summed E-state index contributed by atoms with van der Waals surface area (Å²) in [6, 6.07) is 0. The second-order valence-corrected chi connectivity index (χ2v) is 3.80. The number of carbonyl (C=O) groups excluding carboxylic acids is 1. The molecule has 0 heterocycles. The molecule has 0 aromatic heterocycles. The maximum Gasteiger partial charge on any atom is 0.330 e. The van der Waals surface area contributed by atoms with Crippen molar-refractivity contribution in [3.63, 3.8) is 0 Å². The highest BCUT2D eigenvalue weighted by Gasteiger charge is 2.37. The quantitative estimate of drug-likeness (QED) is 0.192. The van der Waals surface area contributed by atoms with Crippen LogP contribution in [0.4, 0.5) is 0 Å². The molecule has 0 atom stereocenters. The lowest BCUT2D eigenvalue weighted by Gasteiger charge is -2.29. The van der Waals surface area contributed by atoms with E-state index in [0.29, 0.717) is 0 Å². The van der Waals surface area contributed by atoms with Crippen molar-refractivity contribution >= 4 is 5.97 Å². The molecule has 22 heavy (non-hydrogen) atoms. The van der Waals surface area contributed by atoms with Gasteiger partial charge in [-0.3, -0.25) is 0 Å². The second-order valence-electron chi connectivity index (χ2n) is 3.80. The third kappa shape index (κ3) is 8.08. The maximum absolute atomic E-state index is 11.0. The highest BCUT2D eigenvalue weighted by atomic mass is 17.0. The van der Waals surface area contributed by atoms with Gasteiger partial charge >= 0.3 is 5.97 Å². The Morgan fingerprint density at radius 1 is 0.909 bits per heavy atom. The maximum atomic E-state index is 11.0. The van der Waals surface area contributed by atoms with Crippen molar-refractivity contribution in [3.8, 4) is 0 Å². The third-order valence-electron chi connectivity index (χ3n) is 2.12. The van der Waals surface area contributed by atoms with E-state index in [4.69, 9.17) is 0 Å². The Bertz CT molecular complexity index is 405. The van der Waals surface area contributed by atoms with E-state index in [0.717, 1.165) is 6.08 Å². The van der Waals surface area contributed by atoms with Crippen molar-refractivity contribution in [1.29, 1.82) is 0 Å². The standard InChI is InChI=1S/C8H11N3O11/c1-2-7(12)19-3-8(4-20-9(13)14,5-21-10(15)16)6-22-11(17)18/h2H,1,3-6H2. The van der Waals surface area contributed by atoms with Gasteiger partial charge in [0.15, 0.2) is 0 Å². The summed E-state index contributed by atoms with van der Waals surface area (Å²) in [4.78, 5) is 53.8. The fourth-order valence-electron chi connectivity index (χ4n) is 1.10. The van der Waals surface area contributed by atoms with Crippen LogP contribution in [0, 0.1) is 35.8 Å². The molecule has 0 N–H and O–H groups in total. The number of rotatable bonds is 12. The molecule has 0 aliphatic rings. The Morgan fingerprint density at radius 3 is 1.55 bits per heavy atom. The Hall–Kier alpha value is -3.19. The first kappa shape index (κ1) is 18.8. The molecule has 0 spiro atoms. The number of hydrogen-bond acceptors (Lipinski definition) is 11. The molecule has 0 fully saturated rings. The van der Waals surface area contributed by atoms with E-state index < -0.39 is 53.1 Å². The van der Waals surface area contributed by atoms with Gasteiger partial charge in [-0.1, -0.05) is 6.58 Å². The van der Waals surface area contributed by atoms with Crippen LogP contribution in [0.5, 0.6) is 0 Å². The largest absolute Gasteiger partial charge is 0.462 e. The Morgan fingerprint density at radius 2 is 1.27 bits per heavy atom. The topological polar surface area (TPSA) is 183 Å². The molecule has 14 nitrogen and oxygen atoms in total. The molecular formula is C8H11N3O11. The van der Waals surface area contributed by atoms with Crippen LogP contribution in [0.15, 0.2) is 12.7 Å². The van der Waals surface area contributed by atoms with Crippen molar-refractivity contribution in [1.82, 2.24) is 0 Å².